The van der Waals surface area contributed by atoms with E-state index in [9.17, 15) is 28.2 Å². The molecule has 15 nitrogen and oxygen atoms in total. The van der Waals surface area contributed by atoms with E-state index in [2.05, 4.69) is 30.9 Å². The van der Waals surface area contributed by atoms with Crippen molar-refractivity contribution in [2.75, 3.05) is 24.2 Å². The van der Waals surface area contributed by atoms with Gasteiger partial charge in [-0.05, 0) is 39.0 Å². The van der Waals surface area contributed by atoms with E-state index in [1.54, 1.807) is 20.8 Å². The van der Waals surface area contributed by atoms with Gasteiger partial charge in [0, 0.05) is 25.3 Å². The second kappa shape index (κ2) is 11.2. The van der Waals surface area contributed by atoms with Crippen LogP contribution in [-0.2, 0) is 19.6 Å². The molecule has 3 aromatic rings. The predicted molar refractivity (Wildman–Crippen MR) is 139 cm³/mol. The Balaban J connectivity index is 1.53. The number of nitrogens with zero attached hydrogens (tertiary/aromatic N) is 5. The second-order valence-electron chi connectivity index (χ2n) is 9.09. The Hall–Kier alpha value is -3.70. The van der Waals surface area contributed by atoms with Gasteiger partial charge in [-0.1, -0.05) is 6.07 Å². The maximum Gasteiger partial charge on any atom is 0.324 e. The summed E-state index contributed by atoms with van der Waals surface area (Å²) in [5.74, 6) is -0.551. The van der Waals surface area contributed by atoms with E-state index in [4.69, 9.17) is 4.74 Å². The van der Waals surface area contributed by atoms with Crippen molar-refractivity contribution in [2.45, 2.75) is 56.2 Å². The Morgan fingerprint density at radius 1 is 1.15 bits per heavy atom. The first-order chi connectivity index (χ1) is 18.4. The second-order valence-corrected chi connectivity index (χ2v) is 11.1. The summed E-state index contributed by atoms with van der Waals surface area (Å²) in [6.07, 6.45) is -2.98. The lowest BCUT2D eigenvalue weighted by Gasteiger charge is -2.21. The van der Waals surface area contributed by atoms with Crippen LogP contribution in [0, 0.1) is 0 Å². The molecule has 210 valence electrons. The molecule has 3 amide bonds. The first-order valence-corrected chi connectivity index (χ1v) is 13.5. The number of ether oxygens (including phenoxy) is 1. The van der Waals surface area contributed by atoms with Gasteiger partial charge in [0.2, 0.25) is 10.0 Å². The van der Waals surface area contributed by atoms with Crippen molar-refractivity contribution in [1.29, 1.82) is 0 Å². The summed E-state index contributed by atoms with van der Waals surface area (Å²) in [7, 11) is -2.28. The summed E-state index contributed by atoms with van der Waals surface area (Å²) in [5, 5.41) is 28.5. The fourth-order valence-corrected chi connectivity index (χ4v) is 5.37. The van der Waals surface area contributed by atoms with Crippen molar-refractivity contribution in [3.05, 3.63) is 36.9 Å². The molecule has 1 aromatic carbocycles. The fraction of sp³-hybridized carbons (Fsp3) is 0.435. The van der Waals surface area contributed by atoms with Crippen molar-refractivity contribution in [1.82, 2.24) is 29.1 Å². The molecule has 1 aliphatic rings. The third-order valence-corrected chi connectivity index (χ3v) is 8.24. The van der Waals surface area contributed by atoms with Crippen molar-refractivity contribution >= 4 is 44.6 Å². The lowest BCUT2D eigenvalue weighted by atomic mass is 10.1. The van der Waals surface area contributed by atoms with E-state index >= 15 is 0 Å². The van der Waals surface area contributed by atoms with Gasteiger partial charge in [0.1, 0.15) is 18.5 Å². The number of carbonyl (C=O) groups is 2. The van der Waals surface area contributed by atoms with Crippen molar-refractivity contribution in [3.8, 4) is 0 Å². The van der Waals surface area contributed by atoms with E-state index in [1.807, 2.05) is 0 Å². The number of aliphatic hydroxyl groups is 2. The molecule has 0 bridgehead atoms. The molecule has 2 unspecified atom stereocenters. The number of rotatable bonds is 8. The number of imidazole rings is 1. The lowest BCUT2D eigenvalue weighted by molar-refractivity contribution is -0.137. The zero-order valence-electron chi connectivity index (χ0n) is 21.6. The largest absolute Gasteiger partial charge is 0.387 e. The Morgan fingerprint density at radius 2 is 1.90 bits per heavy atom. The highest BCUT2D eigenvalue weighted by Crippen LogP contribution is 2.32. The van der Waals surface area contributed by atoms with Crippen LogP contribution in [0.2, 0.25) is 0 Å². The SMILES string of the molecule is CCNC(=O)[C@H]1O[C@@H](n2cnc3c(NC(=O)Nc4cccc(S(=O)(=O)N(C)C(C)C)c4)ncnc32)C(O)C1O. The fourth-order valence-electron chi connectivity index (χ4n) is 3.96. The van der Waals surface area contributed by atoms with Crippen LogP contribution in [0.1, 0.15) is 27.0 Å². The zero-order chi connectivity index (χ0) is 28.5. The quantitative estimate of drug-likeness (QED) is 0.253. The topological polar surface area (TPSA) is 201 Å². The molecule has 0 spiro atoms. The molecular weight excluding hydrogens is 532 g/mol. The van der Waals surface area contributed by atoms with Crippen LogP contribution in [0.25, 0.3) is 11.2 Å². The predicted octanol–water partition coefficient (Wildman–Crippen LogP) is 0.255. The molecule has 0 aliphatic carbocycles. The Morgan fingerprint density at radius 3 is 2.59 bits per heavy atom. The number of benzene rings is 1. The van der Waals surface area contributed by atoms with Crippen LogP contribution in [0.15, 0.2) is 41.8 Å². The minimum absolute atomic E-state index is 0.0166. The number of fused-ring (bicyclic) bond motifs is 1. The molecule has 1 fully saturated rings. The van der Waals surface area contributed by atoms with E-state index < -0.39 is 46.5 Å². The maximum atomic E-state index is 12.8. The van der Waals surface area contributed by atoms with Crippen molar-refractivity contribution in [3.63, 3.8) is 0 Å². The number of urea groups is 1. The van der Waals surface area contributed by atoms with Gasteiger partial charge in [0.25, 0.3) is 5.91 Å². The van der Waals surface area contributed by atoms with Crippen LogP contribution in [0.4, 0.5) is 16.3 Å². The minimum atomic E-state index is -3.76. The summed E-state index contributed by atoms with van der Waals surface area (Å²) < 4.78 is 33.8. The highest BCUT2D eigenvalue weighted by molar-refractivity contribution is 7.89. The van der Waals surface area contributed by atoms with Gasteiger partial charge in [0.15, 0.2) is 29.3 Å². The van der Waals surface area contributed by atoms with Crippen LogP contribution in [0.3, 0.4) is 0 Å². The number of carbonyl (C=O) groups excluding carboxylic acids is 2. The van der Waals surface area contributed by atoms with Crippen molar-refractivity contribution < 1.29 is 33.0 Å². The number of anilines is 2. The molecule has 5 N–H and O–H groups in total. The number of aromatic nitrogens is 4. The zero-order valence-corrected chi connectivity index (χ0v) is 22.5. The molecule has 39 heavy (non-hydrogen) atoms. The number of likely N-dealkylation sites (N-methyl/N-ethyl adjacent to an activating group) is 1. The molecule has 3 heterocycles. The first-order valence-electron chi connectivity index (χ1n) is 12.1. The standard InChI is InChI=1S/C23H30N8O7S/c1-5-24-21(34)18-16(32)17(33)22(38-18)31-11-27-15-19(25-10-26-20(15)31)29-23(35)28-13-7-6-8-14(9-13)39(36,37)30(4)12(2)3/h6-12,16-18,22,32-33H,5H2,1-4H3,(H,24,34)(H2,25,26,28,29,35)/t16?,17?,18-,22+/m0/s1. The number of sulfonamides is 1. The summed E-state index contributed by atoms with van der Waals surface area (Å²) in [5.41, 5.74) is 0.543. The normalized spacial score (nSPS) is 21.4. The first kappa shape index (κ1) is 28.3. The summed E-state index contributed by atoms with van der Waals surface area (Å²) >= 11 is 0. The van der Waals surface area contributed by atoms with Crippen LogP contribution in [0.5, 0.6) is 0 Å². The molecular formula is C23H30N8O7S. The van der Waals surface area contributed by atoms with Crippen LogP contribution >= 0.6 is 0 Å². The molecule has 0 radical (unpaired) electrons. The van der Waals surface area contributed by atoms with Gasteiger partial charge in [-0.15, -0.1) is 0 Å². The van der Waals surface area contributed by atoms with Crippen LogP contribution < -0.4 is 16.0 Å². The van der Waals surface area contributed by atoms with Gasteiger partial charge < -0.3 is 25.6 Å². The average molecular weight is 563 g/mol. The lowest BCUT2D eigenvalue weighted by Crippen LogP contribution is -2.42. The molecule has 0 saturated carbocycles. The number of aliphatic hydroxyl groups excluding tert-OH is 2. The number of hydrogen-bond donors (Lipinski definition) is 5. The molecule has 1 aliphatic heterocycles. The third-order valence-electron chi connectivity index (χ3n) is 6.21. The Bertz CT molecular complexity index is 1480. The average Bonchev–Trinajstić information content (AvgIpc) is 3.45. The number of amides is 3. The minimum Gasteiger partial charge on any atom is -0.387 e. The van der Waals surface area contributed by atoms with E-state index in [0.29, 0.717) is 6.54 Å². The summed E-state index contributed by atoms with van der Waals surface area (Å²) in [6, 6.07) is 4.84. The van der Waals surface area contributed by atoms with Gasteiger partial charge in [0.05, 0.1) is 11.2 Å². The van der Waals surface area contributed by atoms with Gasteiger partial charge >= 0.3 is 6.03 Å². The van der Waals surface area contributed by atoms with Gasteiger partial charge in [-0.3, -0.25) is 14.7 Å². The molecule has 4 rings (SSSR count). The number of nitrogens with one attached hydrogen (secondary N) is 3. The Kier molecular flexibility index (Phi) is 8.12. The summed E-state index contributed by atoms with van der Waals surface area (Å²) in [6.45, 7) is 5.53. The highest BCUT2D eigenvalue weighted by Gasteiger charge is 2.47. The Labute approximate surface area is 224 Å². The van der Waals surface area contributed by atoms with E-state index in [1.165, 1.54) is 46.5 Å². The smallest absolute Gasteiger partial charge is 0.324 e. The molecule has 4 atom stereocenters. The van der Waals surface area contributed by atoms with Gasteiger partial charge in [-0.25, -0.2) is 28.2 Å². The highest BCUT2D eigenvalue weighted by atomic mass is 32.2. The molecule has 16 heteroatoms. The molecule has 2 aromatic heterocycles. The third kappa shape index (κ3) is 5.55. The van der Waals surface area contributed by atoms with Crippen molar-refractivity contribution in [2.24, 2.45) is 0 Å². The van der Waals surface area contributed by atoms with Gasteiger partial charge in [-0.2, -0.15) is 4.31 Å². The maximum absolute atomic E-state index is 12.8. The monoisotopic (exact) mass is 562 g/mol. The van der Waals surface area contributed by atoms with E-state index in [-0.39, 0.29) is 33.6 Å². The van der Waals surface area contributed by atoms with E-state index in [0.717, 1.165) is 6.33 Å². The molecule has 1 saturated heterocycles. The van der Waals surface area contributed by atoms with Crippen LogP contribution in [-0.4, -0.2) is 92.3 Å². The summed E-state index contributed by atoms with van der Waals surface area (Å²) in [4.78, 5) is 37.4. The number of hydrogen-bond acceptors (Lipinski definition) is 10.